The molecule has 0 N–H and O–H groups in total. The van der Waals surface area contributed by atoms with E-state index in [1.54, 1.807) is 26.2 Å². The smallest absolute Gasteiger partial charge is 0.259 e. The molecular formula is C24H21F2N3O5. The average Bonchev–Trinajstić information content (AvgIpc) is 2.84. The Morgan fingerprint density at radius 3 is 2.24 bits per heavy atom. The molecule has 0 radical (unpaired) electrons. The van der Waals surface area contributed by atoms with Crippen LogP contribution in [0.5, 0.6) is 34.8 Å². The second kappa shape index (κ2) is 10.0. The molecule has 1 heterocycles. The summed E-state index contributed by atoms with van der Waals surface area (Å²) in [4.78, 5) is 17.7. The number of ether oxygens (including phenoxy) is 4. The lowest BCUT2D eigenvalue weighted by atomic mass is 10.1. The van der Waals surface area contributed by atoms with Crippen molar-refractivity contribution >= 4 is 5.91 Å². The van der Waals surface area contributed by atoms with E-state index in [1.165, 1.54) is 50.3 Å². The third-order valence-corrected chi connectivity index (χ3v) is 4.72. The average molecular weight is 469 g/mol. The minimum atomic E-state index is -1.07. The highest BCUT2D eigenvalue weighted by molar-refractivity contribution is 5.95. The second-order valence-electron chi connectivity index (χ2n) is 7.23. The second-order valence-corrected chi connectivity index (χ2v) is 7.23. The van der Waals surface area contributed by atoms with Crippen molar-refractivity contribution in [2.45, 2.75) is 6.92 Å². The Balaban J connectivity index is 2.09. The molecule has 0 fully saturated rings. The molecule has 1 aromatic heterocycles. The Bertz CT molecular complexity index is 1290. The maximum atomic E-state index is 14.9. The van der Waals surface area contributed by atoms with Crippen LogP contribution in [0.3, 0.4) is 0 Å². The van der Waals surface area contributed by atoms with Gasteiger partial charge in [-0.15, -0.1) is 0 Å². The van der Waals surface area contributed by atoms with Gasteiger partial charge in [-0.05, 0) is 37.3 Å². The number of aromatic nitrogens is 1. The van der Waals surface area contributed by atoms with Gasteiger partial charge in [0.2, 0.25) is 5.75 Å². The highest BCUT2D eigenvalue weighted by atomic mass is 19.1. The number of amides is 1. The Kier molecular flexibility index (Phi) is 7.16. The number of pyridine rings is 1. The standard InChI is InChI=1S/C24H21F2N3O5/c1-13-19(25)22(33-16-8-6-7-14(9-16)12-27)28-23(20(13)26)34-18-11-15(24(30)29(2)3)10-17(31-4)21(18)32-5/h6-11H,1-5H3. The molecule has 176 valence electrons. The highest BCUT2D eigenvalue weighted by Crippen LogP contribution is 2.42. The summed E-state index contributed by atoms with van der Waals surface area (Å²) in [6, 6.07) is 10.7. The number of nitrogens with zero attached hydrogens (tertiary/aromatic N) is 3. The predicted octanol–water partition coefficient (Wildman–Crippen LogP) is 4.84. The van der Waals surface area contributed by atoms with E-state index < -0.39 is 29.0 Å². The molecule has 2 aromatic carbocycles. The number of carbonyl (C=O) groups excluding carboxylic acids is 1. The first-order valence-electron chi connectivity index (χ1n) is 9.89. The molecule has 0 aliphatic heterocycles. The molecule has 8 nitrogen and oxygen atoms in total. The van der Waals surface area contributed by atoms with Gasteiger partial charge in [-0.3, -0.25) is 4.79 Å². The molecule has 0 spiro atoms. The molecule has 0 saturated carbocycles. The summed E-state index contributed by atoms with van der Waals surface area (Å²) in [6.07, 6.45) is 0. The molecule has 0 atom stereocenters. The monoisotopic (exact) mass is 469 g/mol. The van der Waals surface area contributed by atoms with Crippen LogP contribution in [0.15, 0.2) is 36.4 Å². The lowest BCUT2D eigenvalue weighted by Crippen LogP contribution is -2.21. The number of carbonyl (C=O) groups is 1. The third-order valence-electron chi connectivity index (χ3n) is 4.72. The fraction of sp³-hybridized carbons (Fsp3) is 0.208. The summed E-state index contributed by atoms with van der Waals surface area (Å²) in [5, 5.41) is 9.05. The summed E-state index contributed by atoms with van der Waals surface area (Å²) < 4.78 is 51.4. The van der Waals surface area contributed by atoms with Gasteiger partial charge < -0.3 is 23.8 Å². The van der Waals surface area contributed by atoms with Crippen LogP contribution in [0.2, 0.25) is 0 Å². The quantitative estimate of drug-likeness (QED) is 0.489. The molecule has 0 saturated heterocycles. The van der Waals surface area contributed by atoms with Gasteiger partial charge in [0.15, 0.2) is 23.1 Å². The molecule has 0 bridgehead atoms. The zero-order chi connectivity index (χ0) is 25.0. The van der Waals surface area contributed by atoms with Crippen LogP contribution in [0.1, 0.15) is 21.5 Å². The normalized spacial score (nSPS) is 10.3. The van der Waals surface area contributed by atoms with E-state index in [1.807, 2.05) is 6.07 Å². The van der Waals surface area contributed by atoms with Crippen molar-refractivity contribution < 1.29 is 32.5 Å². The molecule has 0 unspecified atom stereocenters. The van der Waals surface area contributed by atoms with Crippen LogP contribution >= 0.6 is 0 Å². The summed E-state index contributed by atoms with van der Waals surface area (Å²) in [5.74, 6) is -3.36. The van der Waals surface area contributed by atoms with E-state index in [0.29, 0.717) is 0 Å². The summed E-state index contributed by atoms with van der Waals surface area (Å²) in [7, 11) is 5.84. The molecule has 10 heteroatoms. The third kappa shape index (κ3) is 4.83. The Morgan fingerprint density at radius 1 is 1.00 bits per heavy atom. The molecule has 0 aliphatic rings. The number of hydrogen-bond acceptors (Lipinski definition) is 7. The molecule has 34 heavy (non-hydrogen) atoms. The molecule has 3 aromatic rings. The van der Waals surface area contributed by atoms with Gasteiger partial charge in [0, 0.05) is 25.2 Å². The molecule has 3 rings (SSSR count). The first kappa shape index (κ1) is 24.3. The van der Waals surface area contributed by atoms with E-state index in [0.717, 1.165) is 0 Å². The topological polar surface area (TPSA) is 93.9 Å². The van der Waals surface area contributed by atoms with Gasteiger partial charge in [0.05, 0.1) is 25.9 Å². The van der Waals surface area contributed by atoms with Crippen LogP contribution in [0, 0.1) is 29.9 Å². The van der Waals surface area contributed by atoms with Crippen molar-refractivity contribution in [2.75, 3.05) is 28.3 Å². The fourth-order valence-electron chi connectivity index (χ4n) is 2.97. The van der Waals surface area contributed by atoms with Crippen molar-refractivity contribution in [1.82, 2.24) is 9.88 Å². The van der Waals surface area contributed by atoms with Crippen LogP contribution in [-0.4, -0.2) is 44.1 Å². The largest absolute Gasteiger partial charge is 0.493 e. The fourth-order valence-corrected chi connectivity index (χ4v) is 2.97. The van der Waals surface area contributed by atoms with Crippen molar-refractivity contribution in [3.05, 3.63) is 64.7 Å². The van der Waals surface area contributed by atoms with Gasteiger partial charge in [0.25, 0.3) is 17.7 Å². The maximum absolute atomic E-state index is 14.9. The van der Waals surface area contributed by atoms with Crippen molar-refractivity contribution in [3.8, 4) is 40.8 Å². The number of rotatable bonds is 7. The van der Waals surface area contributed by atoms with Gasteiger partial charge in [-0.25, -0.2) is 8.78 Å². The van der Waals surface area contributed by atoms with E-state index in [2.05, 4.69) is 4.98 Å². The van der Waals surface area contributed by atoms with Crippen LogP contribution < -0.4 is 18.9 Å². The van der Waals surface area contributed by atoms with E-state index in [-0.39, 0.29) is 40.0 Å². The van der Waals surface area contributed by atoms with Crippen molar-refractivity contribution in [2.24, 2.45) is 0 Å². The zero-order valence-electron chi connectivity index (χ0n) is 19.1. The molecule has 0 aliphatic carbocycles. The Hall–Kier alpha value is -4.39. The number of benzene rings is 2. The SMILES string of the molecule is COc1cc(C(=O)N(C)C)cc(Oc2nc(Oc3cccc(C#N)c3)c(F)c(C)c2F)c1OC. The van der Waals surface area contributed by atoms with Crippen molar-refractivity contribution in [1.29, 1.82) is 5.26 Å². The Morgan fingerprint density at radius 2 is 1.65 bits per heavy atom. The van der Waals surface area contributed by atoms with E-state index in [4.69, 9.17) is 24.2 Å². The summed E-state index contributed by atoms with van der Waals surface area (Å²) >= 11 is 0. The number of nitriles is 1. The maximum Gasteiger partial charge on any atom is 0.259 e. The van der Waals surface area contributed by atoms with Crippen molar-refractivity contribution in [3.63, 3.8) is 0 Å². The van der Waals surface area contributed by atoms with Gasteiger partial charge in [-0.2, -0.15) is 10.2 Å². The molecular weight excluding hydrogens is 448 g/mol. The van der Waals surface area contributed by atoms with Crippen LogP contribution in [0.4, 0.5) is 8.78 Å². The lowest BCUT2D eigenvalue weighted by Gasteiger charge is -2.18. The first-order chi connectivity index (χ1) is 16.2. The van der Waals surface area contributed by atoms with E-state index in [9.17, 15) is 13.6 Å². The minimum Gasteiger partial charge on any atom is -0.493 e. The summed E-state index contributed by atoms with van der Waals surface area (Å²) in [5.41, 5.74) is 0.0667. The lowest BCUT2D eigenvalue weighted by molar-refractivity contribution is 0.0826. The summed E-state index contributed by atoms with van der Waals surface area (Å²) in [6.45, 7) is 1.20. The zero-order valence-corrected chi connectivity index (χ0v) is 19.1. The minimum absolute atomic E-state index is 0.0742. The van der Waals surface area contributed by atoms with Crippen LogP contribution in [-0.2, 0) is 0 Å². The predicted molar refractivity (Wildman–Crippen MR) is 118 cm³/mol. The van der Waals surface area contributed by atoms with Gasteiger partial charge in [-0.1, -0.05) is 6.07 Å². The number of hydrogen-bond donors (Lipinski definition) is 0. The van der Waals surface area contributed by atoms with Gasteiger partial charge in [0.1, 0.15) is 5.75 Å². The molecule has 1 amide bonds. The van der Waals surface area contributed by atoms with Gasteiger partial charge >= 0.3 is 0 Å². The van der Waals surface area contributed by atoms with E-state index >= 15 is 0 Å². The first-order valence-corrected chi connectivity index (χ1v) is 9.89. The Labute approximate surface area is 194 Å². The number of halogens is 2. The highest BCUT2D eigenvalue weighted by Gasteiger charge is 2.24. The van der Waals surface area contributed by atoms with Crippen LogP contribution in [0.25, 0.3) is 0 Å². The number of methoxy groups -OCH3 is 2.